The number of aryl methyl sites for hydroxylation is 1. The van der Waals surface area contributed by atoms with Crippen molar-refractivity contribution in [1.29, 1.82) is 0 Å². The van der Waals surface area contributed by atoms with Crippen LogP contribution in [0.5, 0.6) is 0 Å². The third-order valence-electron chi connectivity index (χ3n) is 3.84. The molecular weight excluding hydrogens is 240 g/mol. The van der Waals surface area contributed by atoms with Crippen LogP contribution in [0, 0.1) is 12.8 Å². The van der Waals surface area contributed by atoms with E-state index in [1.165, 1.54) is 0 Å². The summed E-state index contributed by atoms with van der Waals surface area (Å²) in [7, 11) is 1.89. The van der Waals surface area contributed by atoms with Gasteiger partial charge in [0.1, 0.15) is 11.5 Å². The molecule has 0 aliphatic carbocycles. The summed E-state index contributed by atoms with van der Waals surface area (Å²) in [5.41, 5.74) is 0. The molecule has 0 saturated carbocycles. The molecule has 1 aromatic rings. The molecule has 0 aromatic carbocycles. The molecule has 1 N–H and O–H groups in total. The fraction of sp³-hybridized carbons (Fsp3) is 0.667. The standard InChI is InChI=1S/C15H24N2O2/c1-12-3-4-14(19-12)7-10-17(2)15(18)11-13-5-8-16-9-6-13/h3-4,13,16H,5-11H2,1-2H3. The van der Waals surface area contributed by atoms with Crippen LogP contribution in [0.1, 0.15) is 30.8 Å². The van der Waals surface area contributed by atoms with E-state index in [2.05, 4.69) is 5.32 Å². The van der Waals surface area contributed by atoms with Gasteiger partial charge >= 0.3 is 0 Å². The summed E-state index contributed by atoms with van der Waals surface area (Å²) in [4.78, 5) is 13.9. The summed E-state index contributed by atoms with van der Waals surface area (Å²) in [5.74, 6) is 2.70. The molecule has 2 rings (SSSR count). The quantitative estimate of drug-likeness (QED) is 0.884. The van der Waals surface area contributed by atoms with Crippen molar-refractivity contribution < 1.29 is 9.21 Å². The van der Waals surface area contributed by atoms with E-state index in [1.54, 1.807) is 0 Å². The summed E-state index contributed by atoms with van der Waals surface area (Å²) in [5, 5.41) is 3.33. The lowest BCUT2D eigenvalue weighted by Gasteiger charge is -2.24. The van der Waals surface area contributed by atoms with E-state index in [9.17, 15) is 4.79 Å². The van der Waals surface area contributed by atoms with Crippen LogP contribution >= 0.6 is 0 Å². The van der Waals surface area contributed by atoms with E-state index in [-0.39, 0.29) is 5.91 Å². The fourth-order valence-electron chi connectivity index (χ4n) is 2.51. The number of hydrogen-bond donors (Lipinski definition) is 1. The van der Waals surface area contributed by atoms with Crippen LogP contribution in [0.3, 0.4) is 0 Å². The van der Waals surface area contributed by atoms with Crippen molar-refractivity contribution in [3.05, 3.63) is 23.7 Å². The minimum Gasteiger partial charge on any atom is -0.466 e. The highest BCUT2D eigenvalue weighted by atomic mass is 16.3. The Morgan fingerprint density at radius 2 is 2.16 bits per heavy atom. The van der Waals surface area contributed by atoms with Crippen molar-refractivity contribution in [2.24, 2.45) is 5.92 Å². The van der Waals surface area contributed by atoms with E-state index in [1.807, 2.05) is 31.0 Å². The molecular formula is C15H24N2O2. The molecule has 1 aromatic heterocycles. The first-order valence-corrected chi connectivity index (χ1v) is 7.15. The molecule has 4 nitrogen and oxygen atoms in total. The summed E-state index contributed by atoms with van der Waals surface area (Å²) in [6, 6.07) is 3.95. The van der Waals surface area contributed by atoms with Crippen molar-refractivity contribution in [2.75, 3.05) is 26.7 Å². The average Bonchev–Trinajstić information content (AvgIpc) is 2.83. The molecule has 0 spiro atoms. The number of nitrogens with one attached hydrogen (secondary N) is 1. The Bertz CT molecular complexity index is 408. The van der Waals surface area contributed by atoms with Gasteiger partial charge in [-0.15, -0.1) is 0 Å². The number of piperidine rings is 1. The second kappa shape index (κ2) is 6.75. The molecule has 1 saturated heterocycles. The third-order valence-corrected chi connectivity index (χ3v) is 3.84. The van der Waals surface area contributed by atoms with Crippen molar-refractivity contribution in [2.45, 2.75) is 32.6 Å². The van der Waals surface area contributed by atoms with E-state index in [0.717, 1.165) is 50.4 Å². The molecule has 0 radical (unpaired) electrons. The Morgan fingerprint density at radius 3 is 2.79 bits per heavy atom. The van der Waals surface area contributed by atoms with Crippen molar-refractivity contribution >= 4 is 5.91 Å². The maximum absolute atomic E-state index is 12.1. The van der Waals surface area contributed by atoms with Gasteiger partial charge in [-0.2, -0.15) is 0 Å². The Hall–Kier alpha value is -1.29. The molecule has 1 fully saturated rings. The van der Waals surface area contributed by atoms with E-state index >= 15 is 0 Å². The molecule has 0 unspecified atom stereocenters. The SMILES string of the molecule is Cc1ccc(CCN(C)C(=O)CC2CCNCC2)o1. The smallest absolute Gasteiger partial charge is 0.222 e. The first-order chi connectivity index (χ1) is 9.15. The largest absolute Gasteiger partial charge is 0.466 e. The minimum atomic E-state index is 0.259. The number of carbonyl (C=O) groups is 1. The van der Waals surface area contributed by atoms with Gasteiger partial charge < -0.3 is 14.6 Å². The van der Waals surface area contributed by atoms with Crippen LogP contribution in [0.4, 0.5) is 0 Å². The Balaban J connectivity index is 1.72. The Morgan fingerprint density at radius 1 is 1.42 bits per heavy atom. The first-order valence-electron chi connectivity index (χ1n) is 7.15. The molecule has 0 bridgehead atoms. The van der Waals surface area contributed by atoms with Gasteiger partial charge in [-0.25, -0.2) is 0 Å². The van der Waals surface area contributed by atoms with Gasteiger partial charge in [0, 0.05) is 26.4 Å². The summed E-state index contributed by atoms with van der Waals surface area (Å²) < 4.78 is 5.52. The highest BCUT2D eigenvalue weighted by Gasteiger charge is 2.19. The maximum atomic E-state index is 12.1. The predicted molar refractivity (Wildman–Crippen MR) is 75.0 cm³/mol. The summed E-state index contributed by atoms with van der Waals surface area (Å²) in [6.07, 6.45) is 3.73. The van der Waals surface area contributed by atoms with E-state index in [4.69, 9.17) is 4.42 Å². The first kappa shape index (κ1) is 14.1. The number of hydrogen-bond acceptors (Lipinski definition) is 3. The zero-order valence-electron chi connectivity index (χ0n) is 11.9. The second-order valence-corrected chi connectivity index (χ2v) is 5.48. The van der Waals surface area contributed by atoms with E-state index < -0.39 is 0 Å². The molecule has 2 heterocycles. The van der Waals surface area contributed by atoms with Gasteiger partial charge in [-0.1, -0.05) is 0 Å². The number of carbonyl (C=O) groups excluding carboxylic acids is 1. The lowest BCUT2D eigenvalue weighted by molar-refractivity contribution is -0.131. The summed E-state index contributed by atoms with van der Waals surface area (Å²) in [6.45, 7) is 4.77. The zero-order valence-corrected chi connectivity index (χ0v) is 11.9. The van der Waals surface area contributed by atoms with Gasteiger partial charge in [0.2, 0.25) is 5.91 Å². The normalized spacial score (nSPS) is 16.5. The zero-order chi connectivity index (χ0) is 13.7. The molecule has 1 amide bonds. The highest BCUT2D eigenvalue weighted by molar-refractivity contribution is 5.76. The maximum Gasteiger partial charge on any atom is 0.222 e. The molecule has 0 atom stereocenters. The number of amides is 1. The lowest BCUT2D eigenvalue weighted by Crippen LogP contribution is -2.34. The summed E-state index contributed by atoms with van der Waals surface area (Å²) >= 11 is 0. The topological polar surface area (TPSA) is 45.5 Å². The molecule has 1 aliphatic heterocycles. The highest BCUT2D eigenvalue weighted by Crippen LogP contribution is 2.17. The Labute approximate surface area is 115 Å². The van der Waals surface area contributed by atoms with Gasteiger partial charge in [0.15, 0.2) is 0 Å². The van der Waals surface area contributed by atoms with Crippen LogP contribution in [0.15, 0.2) is 16.5 Å². The Kier molecular flexibility index (Phi) is 5.02. The van der Waals surface area contributed by atoms with Gasteiger partial charge in [0.25, 0.3) is 0 Å². The lowest BCUT2D eigenvalue weighted by atomic mass is 9.94. The van der Waals surface area contributed by atoms with Gasteiger partial charge in [0.05, 0.1) is 0 Å². The minimum absolute atomic E-state index is 0.259. The molecule has 106 valence electrons. The van der Waals surface area contributed by atoms with Crippen molar-refractivity contribution in [1.82, 2.24) is 10.2 Å². The van der Waals surface area contributed by atoms with Gasteiger partial charge in [-0.3, -0.25) is 4.79 Å². The van der Waals surface area contributed by atoms with Crippen molar-refractivity contribution in [3.8, 4) is 0 Å². The average molecular weight is 264 g/mol. The monoisotopic (exact) mass is 264 g/mol. The molecule has 1 aliphatic rings. The van der Waals surface area contributed by atoms with Gasteiger partial charge in [-0.05, 0) is 50.9 Å². The molecule has 4 heteroatoms. The number of furan rings is 1. The number of nitrogens with zero attached hydrogens (tertiary/aromatic N) is 1. The third kappa shape index (κ3) is 4.39. The predicted octanol–water partition coefficient (Wildman–Crippen LogP) is 1.98. The van der Waals surface area contributed by atoms with Crippen LogP contribution in [-0.4, -0.2) is 37.5 Å². The second-order valence-electron chi connectivity index (χ2n) is 5.48. The van der Waals surface area contributed by atoms with Crippen LogP contribution in [0.2, 0.25) is 0 Å². The van der Waals surface area contributed by atoms with Crippen LogP contribution in [0.25, 0.3) is 0 Å². The number of rotatable bonds is 5. The molecule has 19 heavy (non-hydrogen) atoms. The van der Waals surface area contributed by atoms with Crippen molar-refractivity contribution in [3.63, 3.8) is 0 Å². The fourth-order valence-corrected chi connectivity index (χ4v) is 2.51. The van der Waals surface area contributed by atoms with E-state index in [0.29, 0.717) is 12.3 Å². The van der Waals surface area contributed by atoms with Crippen LogP contribution < -0.4 is 5.32 Å². The number of likely N-dealkylation sites (N-methyl/N-ethyl adjacent to an activating group) is 1. The van der Waals surface area contributed by atoms with Crippen LogP contribution in [-0.2, 0) is 11.2 Å².